The van der Waals surface area contributed by atoms with Crippen LogP contribution in [-0.2, 0) is 0 Å². The Morgan fingerprint density at radius 2 is 2.04 bits per heavy atom. The van der Waals surface area contributed by atoms with E-state index in [0.717, 1.165) is 41.9 Å². The summed E-state index contributed by atoms with van der Waals surface area (Å²) in [5, 5.41) is 3.31. The van der Waals surface area contributed by atoms with Crippen molar-refractivity contribution in [3.8, 4) is 11.5 Å². The fraction of sp³-hybridized carbons (Fsp3) is 0.444. The van der Waals surface area contributed by atoms with Crippen LogP contribution in [0.4, 0.5) is 17.3 Å². The Balaban J connectivity index is 1.82. The SMILES string of the molecule is COc1ccc(OC)c(Nc2cc(N3CCCC(C)C3)ncn2)c1. The number of piperidine rings is 1. The van der Waals surface area contributed by atoms with E-state index in [9.17, 15) is 0 Å². The second-order valence-corrected chi connectivity index (χ2v) is 6.15. The summed E-state index contributed by atoms with van der Waals surface area (Å²) in [4.78, 5) is 11.1. The molecule has 6 heteroatoms. The lowest BCUT2D eigenvalue weighted by Gasteiger charge is -2.31. The van der Waals surface area contributed by atoms with Crippen LogP contribution in [0.25, 0.3) is 0 Å². The fourth-order valence-electron chi connectivity index (χ4n) is 3.04. The average Bonchev–Trinajstić information content (AvgIpc) is 2.62. The third-order valence-electron chi connectivity index (χ3n) is 4.30. The molecule has 1 unspecified atom stereocenters. The molecule has 0 amide bonds. The summed E-state index contributed by atoms with van der Waals surface area (Å²) in [5.74, 6) is 3.90. The van der Waals surface area contributed by atoms with E-state index in [1.807, 2.05) is 24.3 Å². The second-order valence-electron chi connectivity index (χ2n) is 6.15. The lowest BCUT2D eigenvalue weighted by Crippen LogP contribution is -2.34. The monoisotopic (exact) mass is 328 g/mol. The van der Waals surface area contributed by atoms with Crippen LogP contribution in [-0.4, -0.2) is 37.3 Å². The van der Waals surface area contributed by atoms with E-state index in [0.29, 0.717) is 5.92 Å². The number of aromatic nitrogens is 2. The van der Waals surface area contributed by atoms with Gasteiger partial charge in [0.2, 0.25) is 0 Å². The third kappa shape index (κ3) is 3.69. The normalized spacial score (nSPS) is 17.5. The van der Waals surface area contributed by atoms with Crippen LogP contribution in [0.3, 0.4) is 0 Å². The standard InChI is InChI=1S/C18H24N4O2/c1-13-5-4-8-22(11-13)18-10-17(19-12-20-18)21-15-9-14(23-2)6-7-16(15)24-3/h6-7,9-10,12-13H,4-5,8,11H2,1-3H3,(H,19,20,21). The Bertz CT molecular complexity index is 692. The molecule has 1 N–H and O–H groups in total. The van der Waals surface area contributed by atoms with E-state index < -0.39 is 0 Å². The zero-order chi connectivity index (χ0) is 16.9. The summed E-state index contributed by atoms with van der Waals surface area (Å²) in [7, 11) is 3.29. The summed E-state index contributed by atoms with van der Waals surface area (Å²) in [5.41, 5.74) is 0.813. The van der Waals surface area contributed by atoms with Gasteiger partial charge in [-0.25, -0.2) is 9.97 Å². The number of rotatable bonds is 5. The minimum atomic E-state index is 0.698. The molecule has 1 saturated heterocycles. The van der Waals surface area contributed by atoms with Crippen molar-refractivity contribution in [1.82, 2.24) is 9.97 Å². The highest BCUT2D eigenvalue weighted by molar-refractivity contribution is 5.67. The van der Waals surface area contributed by atoms with Gasteiger partial charge in [-0.3, -0.25) is 0 Å². The van der Waals surface area contributed by atoms with Crippen LogP contribution >= 0.6 is 0 Å². The quantitative estimate of drug-likeness (QED) is 0.907. The largest absolute Gasteiger partial charge is 0.497 e. The molecule has 0 bridgehead atoms. The van der Waals surface area contributed by atoms with Crippen LogP contribution in [0.1, 0.15) is 19.8 Å². The number of nitrogens with zero attached hydrogens (tertiary/aromatic N) is 3. The van der Waals surface area contributed by atoms with Gasteiger partial charge < -0.3 is 19.7 Å². The molecule has 1 aromatic carbocycles. The molecule has 1 atom stereocenters. The van der Waals surface area contributed by atoms with E-state index >= 15 is 0 Å². The molecule has 1 aliphatic heterocycles. The molecule has 1 aliphatic rings. The maximum absolute atomic E-state index is 5.41. The molecule has 3 rings (SSSR count). The van der Waals surface area contributed by atoms with E-state index in [4.69, 9.17) is 9.47 Å². The Hall–Kier alpha value is -2.50. The first-order valence-corrected chi connectivity index (χ1v) is 8.25. The molecular weight excluding hydrogens is 304 g/mol. The highest BCUT2D eigenvalue weighted by Gasteiger charge is 2.18. The number of benzene rings is 1. The van der Waals surface area contributed by atoms with Gasteiger partial charge in [0.25, 0.3) is 0 Å². The molecule has 2 aromatic rings. The Labute approximate surface area is 142 Å². The van der Waals surface area contributed by atoms with Gasteiger partial charge in [0.05, 0.1) is 19.9 Å². The summed E-state index contributed by atoms with van der Waals surface area (Å²) in [6.45, 7) is 4.37. The molecule has 1 aromatic heterocycles. The van der Waals surface area contributed by atoms with Crippen molar-refractivity contribution in [1.29, 1.82) is 0 Å². The fourth-order valence-corrected chi connectivity index (χ4v) is 3.04. The molecule has 1 fully saturated rings. The average molecular weight is 328 g/mol. The van der Waals surface area contributed by atoms with Crippen molar-refractivity contribution in [3.63, 3.8) is 0 Å². The van der Waals surface area contributed by atoms with E-state index in [2.05, 4.69) is 27.1 Å². The van der Waals surface area contributed by atoms with Crippen LogP contribution in [0.5, 0.6) is 11.5 Å². The van der Waals surface area contributed by atoms with Gasteiger partial charge in [-0.15, -0.1) is 0 Å². The summed E-state index contributed by atoms with van der Waals surface area (Å²) in [6.07, 6.45) is 4.09. The van der Waals surface area contributed by atoms with Crippen molar-refractivity contribution < 1.29 is 9.47 Å². The van der Waals surface area contributed by atoms with Crippen LogP contribution < -0.4 is 19.7 Å². The number of nitrogens with one attached hydrogen (secondary N) is 1. The molecule has 2 heterocycles. The molecule has 0 aliphatic carbocycles. The highest BCUT2D eigenvalue weighted by atomic mass is 16.5. The molecule has 0 spiro atoms. The van der Waals surface area contributed by atoms with Crippen LogP contribution in [0.2, 0.25) is 0 Å². The lowest BCUT2D eigenvalue weighted by atomic mass is 10.0. The summed E-state index contributed by atoms with van der Waals surface area (Å²) in [6, 6.07) is 7.61. The molecular formula is C18H24N4O2. The summed E-state index contributed by atoms with van der Waals surface area (Å²) < 4.78 is 10.7. The van der Waals surface area contributed by atoms with Gasteiger partial charge in [-0.2, -0.15) is 0 Å². The zero-order valence-electron chi connectivity index (χ0n) is 14.5. The molecule has 24 heavy (non-hydrogen) atoms. The Morgan fingerprint density at radius 3 is 2.79 bits per heavy atom. The maximum Gasteiger partial charge on any atom is 0.142 e. The molecule has 128 valence electrons. The third-order valence-corrected chi connectivity index (χ3v) is 4.30. The first-order valence-electron chi connectivity index (χ1n) is 8.25. The zero-order valence-corrected chi connectivity index (χ0v) is 14.5. The van der Waals surface area contributed by atoms with Gasteiger partial charge in [-0.05, 0) is 30.9 Å². The maximum atomic E-state index is 5.41. The van der Waals surface area contributed by atoms with Crippen LogP contribution in [0, 0.1) is 5.92 Å². The smallest absolute Gasteiger partial charge is 0.142 e. The number of hydrogen-bond donors (Lipinski definition) is 1. The van der Waals surface area contributed by atoms with E-state index in [-0.39, 0.29) is 0 Å². The Kier molecular flexibility index (Phi) is 5.03. The predicted octanol–water partition coefficient (Wildman–Crippen LogP) is 3.47. The summed E-state index contributed by atoms with van der Waals surface area (Å²) >= 11 is 0. The van der Waals surface area contributed by atoms with Crippen LogP contribution in [0.15, 0.2) is 30.6 Å². The second kappa shape index (κ2) is 7.38. The number of ether oxygens (including phenoxy) is 2. The van der Waals surface area contributed by atoms with Crippen molar-refractivity contribution in [2.24, 2.45) is 5.92 Å². The number of hydrogen-bond acceptors (Lipinski definition) is 6. The van der Waals surface area contributed by atoms with Crippen molar-refractivity contribution >= 4 is 17.3 Å². The molecule has 6 nitrogen and oxygen atoms in total. The minimum Gasteiger partial charge on any atom is -0.497 e. The number of anilines is 3. The van der Waals surface area contributed by atoms with Crippen molar-refractivity contribution in [2.75, 3.05) is 37.5 Å². The highest BCUT2D eigenvalue weighted by Crippen LogP contribution is 2.31. The minimum absolute atomic E-state index is 0.698. The van der Waals surface area contributed by atoms with Gasteiger partial charge in [-0.1, -0.05) is 6.92 Å². The molecule has 0 radical (unpaired) electrons. The Morgan fingerprint density at radius 1 is 1.17 bits per heavy atom. The predicted molar refractivity (Wildman–Crippen MR) is 95.5 cm³/mol. The number of methoxy groups -OCH3 is 2. The lowest BCUT2D eigenvalue weighted by molar-refractivity contribution is 0.405. The van der Waals surface area contributed by atoms with Crippen molar-refractivity contribution in [3.05, 3.63) is 30.6 Å². The first-order chi connectivity index (χ1) is 11.7. The van der Waals surface area contributed by atoms with Gasteiger partial charge in [0, 0.05) is 25.2 Å². The van der Waals surface area contributed by atoms with E-state index in [1.165, 1.54) is 12.8 Å². The van der Waals surface area contributed by atoms with Gasteiger partial charge in [0.1, 0.15) is 29.5 Å². The van der Waals surface area contributed by atoms with Gasteiger partial charge in [0.15, 0.2) is 0 Å². The topological polar surface area (TPSA) is 59.5 Å². The first kappa shape index (κ1) is 16.4. The van der Waals surface area contributed by atoms with Gasteiger partial charge >= 0.3 is 0 Å². The van der Waals surface area contributed by atoms with E-state index in [1.54, 1.807) is 20.5 Å². The molecule has 0 saturated carbocycles. The van der Waals surface area contributed by atoms with Crippen molar-refractivity contribution in [2.45, 2.75) is 19.8 Å².